The normalized spacial score (nSPS) is 11.8. The molecule has 0 fully saturated rings. The Morgan fingerprint density at radius 3 is 2.59 bits per heavy atom. The number of fused-ring (bicyclic) bond motifs is 1. The number of aromatic nitrogens is 2. The fourth-order valence-corrected chi connectivity index (χ4v) is 4.29. The summed E-state index contributed by atoms with van der Waals surface area (Å²) in [6, 6.07) is 10.7. The average molecular weight is 389 g/mol. The molecule has 0 amide bonds. The van der Waals surface area contributed by atoms with Crippen LogP contribution in [0.1, 0.15) is 17.5 Å². The summed E-state index contributed by atoms with van der Waals surface area (Å²) in [4.78, 5) is 15.0. The summed E-state index contributed by atoms with van der Waals surface area (Å²) in [5.74, 6) is 0.318. The number of hydrogen-bond acceptors (Lipinski definition) is 4. The fraction of sp³-hybridized carbons (Fsp3) is 0.316. The predicted molar refractivity (Wildman–Crippen MR) is 105 cm³/mol. The molecule has 0 saturated carbocycles. The van der Waals surface area contributed by atoms with E-state index >= 15 is 0 Å². The van der Waals surface area contributed by atoms with Crippen molar-refractivity contribution in [2.45, 2.75) is 31.7 Å². The van der Waals surface area contributed by atoms with Gasteiger partial charge in [-0.3, -0.25) is 4.57 Å². The van der Waals surface area contributed by atoms with Crippen molar-refractivity contribution in [1.82, 2.24) is 14.3 Å². The number of methoxy groups -OCH3 is 1. The van der Waals surface area contributed by atoms with Crippen molar-refractivity contribution in [1.29, 1.82) is 0 Å². The topological polar surface area (TPSA) is 93.2 Å². The highest BCUT2D eigenvalue weighted by atomic mass is 32.2. The van der Waals surface area contributed by atoms with Gasteiger partial charge in [0.25, 0.3) is 0 Å². The van der Waals surface area contributed by atoms with E-state index in [9.17, 15) is 13.2 Å². The van der Waals surface area contributed by atoms with Gasteiger partial charge in [-0.25, -0.2) is 17.9 Å². The van der Waals surface area contributed by atoms with Crippen molar-refractivity contribution in [2.75, 3.05) is 13.7 Å². The van der Waals surface area contributed by atoms with E-state index in [0.29, 0.717) is 18.7 Å². The van der Waals surface area contributed by atoms with Crippen molar-refractivity contribution in [3.63, 3.8) is 0 Å². The molecule has 7 nitrogen and oxygen atoms in total. The molecule has 144 valence electrons. The first-order valence-corrected chi connectivity index (χ1v) is 10.1. The quantitative estimate of drug-likeness (QED) is 0.607. The Bertz CT molecular complexity index is 1130. The number of nitrogens with one attached hydrogen (secondary N) is 2. The molecule has 2 aromatic carbocycles. The lowest BCUT2D eigenvalue weighted by atomic mass is 10.1. The summed E-state index contributed by atoms with van der Waals surface area (Å²) in [5.41, 5.74) is 3.21. The van der Waals surface area contributed by atoms with E-state index in [-0.39, 0.29) is 17.1 Å². The Morgan fingerprint density at radius 2 is 1.85 bits per heavy atom. The second-order valence-corrected chi connectivity index (χ2v) is 8.17. The van der Waals surface area contributed by atoms with Gasteiger partial charge in [0, 0.05) is 13.1 Å². The lowest BCUT2D eigenvalue weighted by Crippen LogP contribution is -2.27. The second kappa shape index (κ2) is 7.58. The number of hydrogen-bond donors (Lipinski definition) is 2. The van der Waals surface area contributed by atoms with E-state index in [2.05, 4.69) is 9.71 Å². The summed E-state index contributed by atoms with van der Waals surface area (Å²) < 4.78 is 34.7. The van der Waals surface area contributed by atoms with E-state index < -0.39 is 10.0 Å². The van der Waals surface area contributed by atoms with E-state index in [0.717, 1.165) is 22.2 Å². The molecular weight excluding hydrogens is 366 g/mol. The first-order valence-electron chi connectivity index (χ1n) is 8.66. The molecule has 0 aliphatic heterocycles. The Balaban J connectivity index is 1.71. The maximum atomic E-state index is 12.7. The third kappa shape index (κ3) is 3.91. The molecule has 27 heavy (non-hydrogen) atoms. The lowest BCUT2D eigenvalue weighted by Gasteiger charge is -2.13. The highest BCUT2D eigenvalue weighted by Gasteiger charge is 2.20. The monoisotopic (exact) mass is 389 g/mol. The summed E-state index contributed by atoms with van der Waals surface area (Å²) in [7, 11) is -2.26. The number of benzene rings is 2. The lowest BCUT2D eigenvalue weighted by molar-refractivity contribution is 0.401. The number of para-hydroxylation sites is 2. The van der Waals surface area contributed by atoms with Crippen molar-refractivity contribution in [3.8, 4) is 5.75 Å². The molecule has 0 unspecified atom stereocenters. The van der Waals surface area contributed by atoms with Gasteiger partial charge in [0.2, 0.25) is 10.0 Å². The van der Waals surface area contributed by atoms with Crippen LogP contribution in [-0.2, 0) is 16.6 Å². The summed E-state index contributed by atoms with van der Waals surface area (Å²) in [5, 5.41) is 0. The Kier molecular flexibility index (Phi) is 5.38. The van der Waals surface area contributed by atoms with Gasteiger partial charge in [0.05, 0.1) is 18.1 Å². The summed E-state index contributed by atoms with van der Waals surface area (Å²) >= 11 is 0. The average Bonchev–Trinajstić information content (AvgIpc) is 2.96. The zero-order valence-electron chi connectivity index (χ0n) is 15.6. The molecule has 0 spiro atoms. The number of imidazole rings is 1. The molecule has 1 heterocycles. The highest BCUT2D eigenvalue weighted by molar-refractivity contribution is 7.89. The van der Waals surface area contributed by atoms with E-state index in [1.807, 2.05) is 38.1 Å². The molecule has 0 radical (unpaired) electrons. The standard InChI is InChI=1S/C19H23N3O4S/c1-13-11-17(26-3)18(12-14(13)2)27(24,25)20-9-6-10-22-16-8-5-4-7-15(16)21-19(22)23/h4-5,7-8,11-12,20H,6,9-10H2,1-3H3,(H,21,23). The minimum Gasteiger partial charge on any atom is -0.495 e. The molecule has 0 bridgehead atoms. The van der Waals surface area contributed by atoms with Gasteiger partial charge in [0.1, 0.15) is 10.6 Å². The second-order valence-electron chi connectivity index (χ2n) is 6.44. The highest BCUT2D eigenvalue weighted by Crippen LogP contribution is 2.27. The molecule has 0 aliphatic carbocycles. The number of rotatable bonds is 7. The van der Waals surface area contributed by atoms with Crippen LogP contribution in [0.4, 0.5) is 0 Å². The van der Waals surface area contributed by atoms with Crippen LogP contribution in [0.3, 0.4) is 0 Å². The minimum atomic E-state index is -3.71. The van der Waals surface area contributed by atoms with Gasteiger partial charge in [-0.15, -0.1) is 0 Å². The number of sulfonamides is 1. The predicted octanol–water partition coefficient (Wildman–Crippen LogP) is 2.32. The third-order valence-corrected chi connectivity index (χ3v) is 6.08. The fourth-order valence-electron chi connectivity index (χ4n) is 2.98. The van der Waals surface area contributed by atoms with Gasteiger partial charge in [-0.2, -0.15) is 0 Å². The van der Waals surface area contributed by atoms with Crippen molar-refractivity contribution in [3.05, 3.63) is 58.0 Å². The van der Waals surface area contributed by atoms with E-state index in [1.165, 1.54) is 7.11 Å². The van der Waals surface area contributed by atoms with E-state index in [4.69, 9.17) is 4.74 Å². The van der Waals surface area contributed by atoms with Crippen LogP contribution in [0.5, 0.6) is 5.75 Å². The van der Waals surface area contributed by atoms with Crippen molar-refractivity contribution in [2.24, 2.45) is 0 Å². The van der Waals surface area contributed by atoms with Gasteiger partial charge in [-0.05, 0) is 55.7 Å². The van der Waals surface area contributed by atoms with Crippen LogP contribution >= 0.6 is 0 Å². The van der Waals surface area contributed by atoms with Crippen LogP contribution in [0.25, 0.3) is 11.0 Å². The number of aryl methyl sites for hydroxylation is 3. The van der Waals surface area contributed by atoms with Gasteiger partial charge in [0.15, 0.2) is 0 Å². The minimum absolute atomic E-state index is 0.123. The molecule has 1 aromatic heterocycles. The Morgan fingerprint density at radius 1 is 1.15 bits per heavy atom. The van der Waals surface area contributed by atoms with Crippen LogP contribution in [0.15, 0.2) is 46.1 Å². The molecule has 0 aliphatic rings. The maximum Gasteiger partial charge on any atom is 0.326 e. The van der Waals surface area contributed by atoms with Crippen LogP contribution < -0.4 is 15.1 Å². The number of ether oxygens (including phenoxy) is 1. The largest absolute Gasteiger partial charge is 0.495 e. The van der Waals surface area contributed by atoms with Gasteiger partial charge < -0.3 is 9.72 Å². The van der Waals surface area contributed by atoms with Crippen LogP contribution in [0.2, 0.25) is 0 Å². The molecule has 3 aromatic rings. The third-order valence-electron chi connectivity index (χ3n) is 4.60. The molecule has 3 rings (SSSR count). The number of nitrogens with zero attached hydrogens (tertiary/aromatic N) is 1. The van der Waals surface area contributed by atoms with Crippen LogP contribution in [0, 0.1) is 13.8 Å². The summed E-state index contributed by atoms with van der Waals surface area (Å²) in [6.07, 6.45) is 0.480. The number of H-pyrrole nitrogens is 1. The Labute approximate surface area is 158 Å². The first-order chi connectivity index (χ1) is 12.8. The number of aromatic amines is 1. The Hall–Kier alpha value is -2.58. The van der Waals surface area contributed by atoms with E-state index in [1.54, 1.807) is 16.7 Å². The molecular formula is C19H23N3O4S. The van der Waals surface area contributed by atoms with Crippen molar-refractivity contribution < 1.29 is 13.2 Å². The van der Waals surface area contributed by atoms with Gasteiger partial charge >= 0.3 is 5.69 Å². The first kappa shape index (κ1) is 19.2. The maximum absolute atomic E-state index is 12.7. The zero-order chi connectivity index (χ0) is 19.6. The zero-order valence-corrected chi connectivity index (χ0v) is 16.4. The summed E-state index contributed by atoms with van der Waals surface area (Å²) in [6.45, 7) is 4.39. The molecule has 0 saturated heterocycles. The SMILES string of the molecule is COc1cc(C)c(C)cc1S(=O)(=O)NCCCn1c(=O)[nH]c2ccccc21. The molecule has 8 heteroatoms. The van der Waals surface area contributed by atoms with Crippen molar-refractivity contribution >= 4 is 21.1 Å². The molecule has 0 atom stereocenters. The smallest absolute Gasteiger partial charge is 0.326 e. The van der Waals surface area contributed by atoms with Gasteiger partial charge in [-0.1, -0.05) is 12.1 Å². The molecule has 2 N–H and O–H groups in total. The van der Waals surface area contributed by atoms with Crippen LogP contribution in [-0.4, -0.2) is 31.6 Å².